The summed E-state index contributed by atoms with van der Waals surface area (Å²) in [4.78, 5) is 16.3. The van der Waals surface area contributed by atoms with Gasteiger partial charge >= 0.3 is 0 Å². The number of amides is 1. The van der Waals surface area contributed by atoms with Crippen LogP contribution in [-0.2, 0) is 4.79 Å². The second-order valence-electron chi connectivity index (χ2n) is 5.63. The lowest BCUT2D eigenvalue weighted by atomic mass is 10.1. The Bertz CT molecular complexity index is 668. The van der Waals surface area contributed by atoms with Crippen LogP contribution in [0.4, 0.5) is 0 Å². The van der Waals surface area contributed by atoms with E-state index < -0.39 is 0 Å². The van der Waals surface area contributed by atoms with Crippen LogP contribution < -0.4 is 14.8 Å². The summed E-state index contributed by atoms with van der Waals surface area (Å²) in [6.45, 7) is 6.63. The van der Waals surface area contributed by atoms with Crippen molar-refractivity contribution in [1.29, 1.82) is 0 Å². The number of fused-ring (bicyclic) bond motifs is 1. The Balaban J connectivity index is 2.17. The molecule has 118 valence electrons. The van der Waals surface area contributed by atoms with Crippen LogP contribution in [0.5, 0.6) is 11.5 Å². The van der Waals surface area contributed by atoms with Crippen molar-refractivity contribution in [2.75, 3.05) is 20.3 Å². The predicted molar refractivity (Wildman–Crippen MR) is 86.4 cm³/mol. The van der Waals surface area contributed by atoms with Crippen LogP contribution >= 0.6 is 0 Å². The summed E-state index contributed by atoms with van der Waals surface area (Å²) in [6.07, 6.45) is 0. The van der Waals surface area contributed by atoms with E-state index in [9.17, 15) is 4.79 Å². The van der Waals surface area contributed by atoms with Gasteiger partial charge in [-0.3, -0.25) is 9.78 Å². The first-order chi connectivity index (χ1) is 10.5. The molecule has 0 aliphatic heterocycles. The second kappa shape index (κ2) is 7.11. The lowest BCUT2D eigenvalue weighted by Gasteiger charge is -2.12. The standard InChI is InChI=1S/C17H22N2O3/c1-11(2)9-18-17(20)10-22-16-7-12(3)19-15-6-5-13(21-4)8-14(15)16/h5-8,11H,9-10H2,1-4H3,(H,18,20). The Morgan fingerprint density at radius 2 is 2.09 bits per heavy atom. The summed E-state index contributed by atoms with van der Waals surface area (Å²) in [7, 11) is 1.61. The lowest BCUT2D eigenvalue weighted by Crippen LogP contribution is -2.31. The smallest absolute Gasteiger partial charge is 0.257 e. The zero-order chi connectivity index (χ0) is 16.1. The van der Waals surface area contributed by atoms with Gasteiger partial charge in [0, 0.05) is 23.7 Å². The van der Waals surface area contributed by atoms with Crippen molar-refractivity contribution in [3.05, 3.63) is 30.0 Å². The molecule has 0 saturated carbocycles. The Kier molecular flexibility index (Phi) is 5.20. The zero-order valence-corrected chi connectivity index (χ0v) is 13.5. The van der Waals surface area contributed by atoms with Crippen LogP contribution in [0, 0.1) is 12.8 Å². The molecule has 0 fully saturated rings. The molecule has 0 atom stereocenters. The van der Waals surface area contributed by atoms with Crippen LogP contribution in [-0.4, -0.2) is 31.2 Å². The zero-order valence-electron chi connectivity index (χ0n) is 13.5. The first-order valence-corrected chi connectivity index (χ1v) is 7.34. The maximum atomic E-state index is 11.8. The van der Waals surface area contributed by atoms with E-state index in [-0.39, 0.29) is 12.5 Å². The van der Waals surface area contributed by atoms with Crippen molar-refractivity contribution in [2.24, 2.45) is 5.92 Å². The van der Waals surface area contributed by atoms with Crippen molar-refractivity contribution in [3.63, 3.8) is 0 Å². The van der Waals surface area contributed by atoms with Gasteiger partial charge < -0.3 is 14.8 Å². The van der Waals surface area contributed by atoms with Gasteiger partial charge in [0.15, 0.2) is 6.61 Å². The summed E-state index contributed by atoms with van der Waals surface area (Å²) in [5.41, 5.74) is 1.66. The molecule has 22 heavy (non-hydrogen) atoms. The Morgan fingerprint density at radius 3 is 2.77 bits per heavy atom. The van der Waals surface area contributed by atoms with Gasteiger partial charge in [0.2, 0.25) is 0 Å². The largest absolute Gasteiger partial charge is 0.497 e. The number of nitrogens with zero attached hydrogens (tertiary/aromatic N) is 1. The fourth-order valence-corrected chi connectivity index (χ4v) is 2.06. The monoisotopic (exact) mass is 302 g/mol. The number of pyridine rings is 1. The van der Waals surface area contributed by atoms with E-state index in [0.717, 1.165) is 22.3 Å². The minimum atomic E-state index is -0.126. The molecular formula is C17H22N2O3. The summed E-state index contributed by atoms with van der Waals surface area (Å²) >= 11 is 0. The Labute approximate surface area is 130 Å². The molecule has 0 saturated heterocycles. The van der Waals surface area contributed by atoms with E-state index in [2.05, 4.69) is 10.3 Å². The second-order valence-corrected chi connectivity index (χ2v) is 5.63. The molecule has 0 radical (unpaired) electrons. The molecule has 5 nitrogen and oxygen atoms in total. The average molecular weight is 302 g/mol. The molecule has 1 aromatic carbocycles. The van der Waals surface area contributed by atoms with E-state index in [1.165, 1.54) is 0 Å². The minimum absolute atomic E-state index is 0.0114. The molecule has 2 aromatic rings. The van der Waals surface area contributed by atoms with Gasteiger partial charge in [-0.15, -0.1) is 0 Å². The van der Waals surface area contributed by atoms with Gasteiger partial charge in [-0.25, -0.2) is 0 Å². The lowest BCUT2D eigenvalue weighted by molar-refractivity contribution is -0.123. The number of carbonyl (C=O) groups excluding carboxylic acids is 1. The van der Waals surface area contributed by atoms with E-state index in [1.54, 1.807) is 7.11 Å². The van der Waals surface area contributed by atoms with Gasteiger partial charge in [-0.05, 0) is 31.0 Å². The van der Waals surface area contributed by atoms with Gasteiger partial charge in [0.25, 0.3) is 5.91 Å². The molecule has 1 amide bonds. The SMILES string of the molecule is COc1ccc2nc(C)cc(OCC(=O)NCC(C)C)c2c1. The summed E-state index contributed by atoms with van der Waals surface area (Å²) in [6, 6.07) is 7.43. The maximum Gasteiger partial charge on any atom is 0.257 e. The quantitative estimate of drug-likeness (QED) is 0.891. The molecule has 0 aliphatic rings. The molecule has 5 heteroatoms. The average Bonchev–Trinajstić information content (AvgIpc) is 2.50. The molecule has 0 aliphatic carbocycles. The highest BCUT2D eigenvalue weighted by atomic mass is 16.5. The number of nitrogens with one attached hydrogen (secondary N) is 1. The van der Waals surface area contributed by atoms with Gasteiger partial charge in [0.05, 0.1) is 12.6 Å². The van der Waals surface area contributed by atoms with Crippen molar-refractivity contribution in [2.45, 2.75) is 20.8 Å². The fourth-order valence-electron chi connectivity index (χ4n) is 2.06. The fraction of sp³-hybridized carbons (Fsp3) is 0.412. The molecule has 1 aromatic heterocycles. The summed E-state index contributed by atoms with van der Waals surface area (Å²) < 4.78 is 10.9. The molecule has 1 heterocycles. The first-order valence-electron chi connectivity index (χ1n) is 7.34. The highest BCUT2D eigenvalue weighted by Gasteiger charge is 2.09. The van der Waals surface area contributed by atoms with E-state index >= 15 is 0 Å². The topological polar surface area (TPSA) is 60.5 Å². The number of hydrogen-bond acceptors (Lipinski definition) is 4. The molecular weight excluding hydrogens is 280 g/mol. The molecule has 0 spiro atoms. The number of benzene rings is 1. The maximum absolute atomic E-state index is 11.8. The number of rotatable bonds is 6. The highest BCUT2D eigenvalue weighted by molar-refractivity contribution is 5.87. The Morgan fingerprint density at radius 1 is 1.32 bits per heavy atom. The first kappa shape index (κ1) is 16.1. The van der Waals surface area contributed by atoms with E-state index in [1.807, 2.05) is 45.0 Å². The van der Waals surface area contributed by atoms with Crippen molar-refractivity contribution >= 4 is 16.8 Å². The third-order valence-electron chi connectivity index (χ3n) is 3.17. The number of hydrogen-bond donors (Lipinski definition) is 1. The van der Waals surface area contributed by atoms with Crippen molar-refractivity contribution in [3.8, 4) is 11.5 Å². The third kappa shape index (κ3) is 4.10. The summed E-state index contributed by atoms with van der Waals surface area (Å²) in [5.74, 6) is 1.66. The predicted octanol–water partition coefficient (Wildman–Crippen LogP) is 2.70. The van der Waals surface area contributed by atoms with Crippen LogP contribution in [0.1, 0.15) is 19.5 Å². The Hall–Kier alpha value is -2.30. The van der Waals surface area contributed by atoms with Crippen LogP contribution in [0.15, 0.2) is 24.3 Å². The van der Waals surface area contributed by atoms with E-state index in [0.29, 0.717) is 18.2 Å². The molecule has 0 bridgehead atoms. The van der Waals surface area contributed by atoms with Crippen LogP contribution in [0.3, 0.4) is 0 Å². The molecule has 0 unspecified atom stereocenters. The minimum Gasteiger partial charge on any atom is -0.497 e. The molecule has 1 N–H and O–H groups in total. The number of aryl methyl sites for hydroxylation is 1. The van der Waals surface area contributed by atoms with Crippen LogP contribution in [0.2, 0.25) is 0 Å². The number of methoxy groups -OCH3 is 1. The third-order valence-corrected chi connectivity index (χ3v) is 3.17. The van der Waals surface area contributed by atoms with Crippen molar-refractivity contribution < 1.29 is 14.3 Å². The highest BCUT2D eigenvalue weighted by Crippen LogP contribution is 2.28. The number of aromatic nitrogens is 1. The van der Waals surface area contributed by atoms with Gasteiger partial charge in [-0.2, -0.15) is 0 Å². The molecule has 2 rings (SSSR count). The van der Waals surface area contributed by atoms with Gasteiger partial charge in [0.1, 0.15) is 11.5 Å². The van der Waals surface area contributed by atoms with Gasteiger partial charge in [-0.1, -0.05) is 13.8 Å². The van der Waals surface area contributed by atoms with Crippen molar-refractivity contribution in [1.82, 2.24) is 10.3 Å². The summed E-state index contributed by atoms with van der Waals surface area (Å²) in [5, 5.41) is 3.67. The van der Waals surface area contributed by atoms with E-state index in [4.69, 9.17) is 9.47 Å². The number of carbonyl (C=O) groups is 1. The number of ether oxygens (including phenoxy) is 2. The van der Waals surface area contributed by atoms with Crippen LogP contribution in [0.25, 0.3) is 10.9 Å². The normalized spacial score (nSPS) is 10.8.